The maximum absolute atomic E-state index is 12.2. The van der Waals surface area contributed by atoms with Crippen molar-refractivity contribution < 1.29 is 23.1 Å². The first-order chi connectivity index (χ1) is 10.9. The highest BCUT2D eigenvalue weighted by molar-refractivity contribution is 7.92. The van der Waals surface area contributed by atoms with Crippen LogP contribution in [0.25, 0.3) is 0 Å². The van der Waals surface area contributed by atoms with Crippen LogP contribution in [0.3, 0.4) is 0 Å². The first kappa shape index (κ1) is 16.3. The number of nitrogens with one attached hydrogen (secondary N) is 1. The maximum Gasteiger partial charge on any atom is 0.307 e. The van der Waals surface area contributed by atoms with Crippen LogP contribution in [0.4, 0.5) is 5.69 Å². The van der Waals surface area contributed by atoms with Gasteiger partial charge < -0.3 is 9.84 Å². The second-order valence-electron chi connectivity index (χ2n) is 6.38. The molecular weight excluding hydrogens is 318 g/mol. The van der Waals surface area contributed by atoms with Gasteiger partial charge in [0.25, 0.3) is 0 Å². The van der Waals surface area contributed by atoms with Crippen molar-refractivity contribution in [2.75, 3.05) is 23.7 Å². The van der Waals surface area contributed by atoms with E-state index in [1.165, 1.54) is 0 Å². The Kier molecular flexibility index (Phi) is 4.59. The fourth-order valence-electron chi connectivity index (χ4n) is 3.11. The normalized spacial score (nSPS) is 27.4. The Morgan fingerprint density at radius 3 is 2.61 bits per heavy atom. The van der Waals surface area contributed by atoms with Crippen LogP contribution in [0, 0.1) is 11.8 Å². The predicted octanol–water partition coefficient (Wildman–Crippen LogP) is 2.04. The minimum absolute atomic E-state index is 0.0447. The SMILES string of the molecule is O=C(O)[C@@H]1C[C@H]1c1ccc(NS(=O)(=O)CC2CCCOC2)cc1. The van der Waals surface area contributed by atoms with Gasteiger partial charge in [-0.05, 0) is 48.8 Å². The lowest BCUT2D eigenvalue weighted by molar-refractivity contribution is -0.138. The summed E-state index contributed by atoms with van der Waals surface area (Å²) in [6.45, 7) is 1.21. The number of hydrogen-bond acceptors (Lipinski definition) is 4. The van der Waals surface area contributed by atoms with E-state index in [-0.39, 0.29) is 23.5 Å². The van der Waals surface area contributed by atoms with Crippen molar-refractivity contribution in [1.29, 1.82) is 0 Å². The first-order valence-corrected chi connectivity index (χ1v) is 9.51. The highest BCUT2D eigenvalue weighted by Crippen LogP contribution is 2.47. The second-order valence-corrected chi connectivity index (χ2v) is 8.14. The number of carboxylic acid groups (broad SMARTS) is 1. The van der Waals surface area contributed by atoms with Gasteiger partial charge in [0.2, 0.25) is 10.0 Å². The molecule has 2 fully saturated rings. The van der Waals surface area contributed by atoms with Crippen molar-refractivity contribution in [1.82, 2.24) is 0 Å². The third-order valence-corrected chi connectivity index (χ3v) is 5.89. The van der Waals surface area contributed by atoms with Crippen molar-refractivity contribution in [3.63, 3.8) is 0 Å². The summed E-state index contributed by atoms with van der Waals surface area (Å²) in [6.07, 6.45) is 2.43. The number of ether oxygens (including phenoxy) is 1. The number of carboxylic acids is 1. The molecule has 0 radical (unpaired) electrons. The Hall–Kier alpha value is -1.60. The number of sulfonamides is 1. The van der Waals surface area contributed by atoms with Crippen molar-refractivity contribution in [2.45, 2.75) is 25.2 Å². The monoisotopic (exact) mass is 339 g/mol. The van der Waals surface area contributed by atoms with Crippen LogP contribution < -0.4 is 4.72 Å². The number of anilines is 1. The number of aliphatic carboxylic acids is 1. The lowest BCUT2D eigenvalue weighted by Gasteiger charge is -2.22. The molecule has 1 aliphatic heterocycles. The van der Waals surface area contributed by atoms with Crippen molar-refractivity contribution in [3.05, 3.63) is 29.8 Å². The lowest BCUT2D eigenvalue weighted by Crippen LogP contribution is -2.28. The number of carbonyl (C=O) groups is 1. The van der Waals surface area contributed by atoms with E-state index in [0.717, 1.165) is 18.4 Å². The van der Waals surface area contributed by atoms with Crippen LogP contribution in [0.15, 0.2) is 24.3 Å². The molecule has 1 heterocycles. The lowest BCUT2D eigenvalue weighted by atomic mass is 10.1. The summed E-state index contributed by atoms with van der Waals surface area (Å²) < 4.78 is 32.3. The van der Waals surface area contributed by atoms with Gasteiger partial charge in [-0.3, -0.25) is 9.52 Å². The molecule has 2 N–H and O–H groups in total. The topological polar surface area (TPSA) is 92.7 Å². The second kappa shape index (κ2) is 6.49. The molecule has 0 amide bonds. The Morgan fingerprint density at radius 2 is 2.04 bits per heavy atom. The number of hydrogen-bond donors (Lipinski definition) is 2. The Morgan fingerprint density at radius 1 is 1.30 bits per heavy atom. The summed E-state index contributed by atoms with van der Waals surface area (Å²) >= 11 is 0. The van der Waals surface area contributed by atoms with Gasteiger partial charge in [0.1, 0.15) is 0 Å². The number of rotatable bonds is 6. The van der Waals surface area contributed by atoms with E-state index in [2.05, 4.69) is 4.72 Å². The predicted molar refractivity (Wildman–Crippen MR) is 85.9 cm³/mol. The van der Waals surface area contributed by atoms with E-state index in [1.54, 1.807) is 24.3 Å². The quantitative estimate of drug-likeness (QED) is 0.827. The van der Waals surface area contributed by atoms with Crippen LogP contribution >= 0.6 is 0 Å². The minimum Gasteiger partial charge on any atom is -0.481 e. The summed E-state index contributed by atoms with van der Waals surface area (Å²) in [5, 5.41) is 8.95. The zero-order chi connectivity index (χ0) is 16.4. The summed E-state index contributed by atoms with van der Waals surface area (Å²) in [5.74, 6) is -0.905. The zero-order valence-corrected chi connectivity index (χ0v) is 13.6. The molecule has 3 atom stereocenters. The van der Waals surface area contributed by atoms with Gasteiger partial charge >= 0.3 is 5.97 Å². The Bertz CT molecular complexity index is 664. The van der Waals surface area contributed by atoms with Gasteiger partial charge in [-0.1, -0.05) is 12.1 Å². The van der Waals surface area contributed by atoms with Crippen molar-refractivity contribution >= 4 is 21.7 Å². The van der Waals surface area contributed by atoms with Crippen LogP contribution in [-0.2, 0) is 19.6 Å². The third kappa shape index (κ3) is 4.23. The van der Waals surface area contributed by atoms with Gasteiger partial charge in [0.15, 0.2) is 0 Å². The molecule has 1 saturated carbocycles. The van der Waals surface area contributed by atoms with E-state index in [1.807, 2.05) is 0 Å². The van der Waals surface area contributed by atoms with Crippen molar-refractivity contribution in [3.8, 4) is 0 Å². The fourth-order valence-corrected chi connectivity index (χ4v) is 4.57. The molecule has 3 rings (SSSR count). The summed E-state index contributed by atoms with van der Waals surface area (Å²) in [4.78, 5) is 10.9. The fraction of sp³-hybridized carbons (Fsp3) is 0.562. The molecule has 23 heavy (non-hydrogen) atoms. The molecule has 1 aromatic rings. The van der Waals surface area contributed by atoms with Gasteiger partial charge in [-0.15, -0.1) is 0 Å². The largest absolute Gasteiger partial charge is 0.481 e. The smallest absolute Gasteiger partial charge is 0.307 e. The van der Waals surface area contributed by atoms with Gasteiger partial charge in [0.05, 0.1) is 18.3 Å². The molecule has 126 valence electrons. The molecule has 7 heteroatoms. The summed E-state index contributed by atoms with van der Waals surface area (Å²) in [6, 6.07) is 6.99. The highest BCUT2D eigenvalue weighted by atomic mass is 32.2. The standard InChI is InChI=1S/C16H21NO5S/c18-16(19)15-8-14(15)12-3-5-13(6-4-12)17-23(20,21)10-11-2-1-7-22-9-11/h3-6,11,14-15,17H,1-2,7-10H2,(H,18,19)/t11?,14-,15+/m0/s1. The number of benzene rings is 1. The molecular formula is C16H21NO5S. The van der Waals surface area contributed by atoms with E-state index in [4.69, 9.17) is 9.84 Å². The van der Waals surface area contributed by atoms with Gasteiger partial charge in [-0.2, -0.15) is 0 Å². The average Bonchev–Trinajstić information content (AvgIpc) is 3.29. The van der Waals surface area contributed by atoms with E-state index >= 15 is 0 Å². The molecule has 1 unspecified atom stereocenters. The van der Waals surface area contributed by atoms with Crippen LogP contribution in [0.2, 0.25) is 0 Å². The van der Waals surface area contributed by atoms with E-state index in [9.17, 15) is 13.2 Å². The van der Waals surface area contributed by atoms with E-state index in [0.29, 0.717) is 25.3 Å². The summed E-state index contributed by atoms with van der Waals surface area (Å²) in [7, 11) is -3.40. The van der Waals surface area contributed by atoms with Crippen LogP contribution in [0.5, 0.6) is 0 Å². The summed E-state index contributed by atoms with van der Waals surface area (Å²) in [5.41, 5.74) is 1.46. The molecule has 0 aromatic heterocycles. The molecule has 0 spiro atoms. The Balaban J connectivity index is 1.58. The van der Waals surface area contributed by atoms with Crippen LogP contribution in [0.1, 0.15) is 30.7 Å². The molecule has 1 aliphatic carbocycles. The first-order valence-electron chi connectivity index (χ1n) is 7.85. The van der Waals surface area contributed by atoms with Crippen LogP contribution in [-0.4, -0.2) is 38.5 Å². The Labute approximate surface area is 135 Å². The zero-order valence-electron chi connectivity index (χ0n) is 12.8. The molecule has 1 saturated heterocycles. The van der Waals surface area contributed by atoms with Gasteiger partial charge in [-0.25, -0.2) is 8.42 Å². The average molecular weight is 339 g/mol. The minimum atomic E-state index is -3.40. The third-order valence-electron chi connectivity index (χ3n) is 4.43. The van der Waals surface area contributed by atoms with E-state index < -0.39 is 16.0 Å². The van der Waals surface area contributed by atoms with Crippen molar-refractivity contribution in [2.24, 2.45) is 11.8 Å². The maximum atomic E-state index is 12.2. The molecule has 0 bridgehead atoms. The molecule has 2 aliphatic rings. The van der Waals surface area contributed by atoms with Gasteiger partial charge in [0, 0.05) is 12.3 Å². The molecule has 6 nitrogen and oxygen atoms in total. The highest BCUT2D eigenvalue weighted by Gasteiger charge is 2.44. The molecule has 1 aromatic carbocycles.